The summed E-state index contributed by atoms with van der Waals surface area (Å²) < 4.78 is 2.47. The van der Waals surface area contributed by atoms with Gasteiger partial charge in [-0.05, 0) is 36.3 Å². The number of benzene rings is 1. The number of piperazine rings is 1. The van der Waals surface area contributed by atoms with E-state index in [2.05, 4.69) is 34.3 Å². The van der Waals surface area contributed by atoms with Crippen molar-refractivity contribution in [1.82, 2.24) is 24.6 Å². The van der Waals surface area contributed by atoms with Gasteiger partial charge in [-0.1, -0.05) is 36.4 Å². The smallest absolute Gasteiger partial charge is 0.224 e. The second-order valence-corrected chi connectivity index (χ2v) is 8.34. The molecule has 1 atom stereocenters. The lowest BCUT2D eigenvalue weighted by molar-refractivity contribution is -0.136. The summed E-state index contributed by atoms with van der Waals surface area (Å²) in [6.07, 6.45) is 0.402. The Morgan fingerprint density at radius 1 is 1.25 bits per heavy atom. The summed E-state index contributed by atoms with van der Waals surface area (Å²) in [6.45, 7) is 3.00. The highest BCUT2D eigenvalue weighted by Crippen LogP contribution is 2.26. The zero-order valence-corrected chi connectivity index (χ0v) is 17.4. The Kier molecular flexibility index (Phi) is 5.70. The van der Waals surface area contributed by atoms with Gasteiger partial charge in [0.05, 0.1) is 10.9 Å². The van der Waals surface area contributed by atoms with Crippen LogP contribution in [0.4, 0.5) is 0 Å². The van der Waals surface area contributed by atoms with Gasteiger partial charge in [-0.2, -0.15) is 5.10 Å². The Hall–Kier alpha value is -2.29. The fourth-order valence-electron chi connectivity index (χ4n) is 3.65. The number of rotatable bonds is 5. The van der Waals surface area contributed by atoms with Crippen LogP contribution in [-0.2, 0) is 11.3 Å². The Bertz CT molecular complexity index is 980. The molecule has 3 heterocycles. The SMILES string of the molecule is CN1CCN(C(=O)CCn2c(-c3cccs3)n[nH]c2=S)C(c2ccccc2)C1. The predicted molar refractivity (Wildman–Crippen MR) is 114 cm³/mol. The van der Waals surface area contributed by atoms with Gasteiger partial charge >= 0.3 is 0 Å². The van der Waals surface area contributed by atoms with Crippen molar-refractivity contribution in [3.63, 3.8) is 0 Å². The predicted octanol–water partition coefficient (Wildman–Crippen LogP) is 3.57. The lowest BCUT2D eigenvalue weighted by Crippen LogP contribution is -2.49. The van der Waals surface area contributed by atoms with Crippen LogP contribution in [0, 0.1) is 4.77 Å². The third kappa shape index (κ3) is 3.94. The van der Waals surface area contributed by atoms with Gasteiger partial charge in [0, 0.05) is 32.6 Å². The Morgan fingerprint density at radius 3 is 2.82 bits per heavy atom. The van der Waals surface area contributed by atoms with E-state index >= 15 is 0 Å². The first-order valence-electron chi connectivity index (χ1n) is 9.35. The molecule has 1 fully saturated rings. The van der Waals surface area contributed by atoms with Crippen LogP contribution in [0.25, 0.3) is 10.7 Å². The van der Waals surface area contributed by atoms with Crippen molar-refractivity contribution in [3.8, 4) is 10.7 Å². The van der Waals surface area contributed by atoms with Crippen molar-refractivity contribution < 1.29 is 4.79 Å². The molecule has 1 aromatic carbocycles. The number of carbonyl (C=O) groups excluding carboxylic acids is 1. The molecule has 1 unspecified atom stereocenters. The molecule has 0 aliphatic carbocycles. The molecule has 1 aliphatic rings. The molecular formula is C20H23N5OS2. The molecule has 28 heavy (non-hydrogen) atoms. The van der Waals surface area contributed by atoms with Gasteiger partial charge in [-0.25, -0.2) is 0 Å². The molecule has 3 aromatic rings. The van der Waals surface area contributed by atoms with Crippen LogP contribution < -0.4 is 0 Å². The number of amides is 1. The second-order valence-electron chi connectivity index (χ2n) is 7.01. The highest BCUT2D eigenvalue weighted by atomic mass is 32.1. The van der Waals surface area contributed by atoms with Crippen LogP contribution in [0.5, 0.6) is 0 Å². The minimum atomic E-state index is 0.0848. The first-order chi connectivity index (χ1) is 13.6. The summed E-state index contributed by atoms with van der Waals surface area (Å²) in [5, 5.41) is 9.22. The number of nitrogens with one attached hydrogen (secondary N) is 1. The molecule has 146 valence electrons. The van der Waals surface area contributed by atoms with E-state index in [0.29, 0.717) is 17.7 Å². The van der Waals surface area contributed by atoms with E-state index in [1.165, 1.54) is 5.56 Å². The highest BCUT2D eigenvalue weighted by molar-refractivity contribution is 7.71. The molecular weight excluding hydrogens is 390 g/mol. The molecule has 1 N–H and O–H groups in total. The van der Waals surface area contributed by atoms with E-state index < -0.39 is 0 Å². The zero-order valence-electron chi connectivity index (χ0n) is 15.7. The average molecular weight is 414 g/mol. The normalized spacial score (nSPS) is 17.8. The third-order valence-electron chi connectivity index (χ3n) is 5.14. The van der Waals surface area contributed by atoms with E-state index in [1.54, 1.807) is 11.3 Å². The molecule has 1 aliphatic heterocycles. The van der Waals surface area contributed by atoms with Crippen LogP contribution in [0.2, 0.25) is 0 Å². The van der Waals surface area contributed by atoms with Crippen LogP contribution in [0.1, 0.15) is 18.0 Å². The Labute approximate surface area is 173 Å². The molecule has 4 rings (SSSR count). The quantitative estimate of drug-likeness (QED) is 0.650. The van der Waals surface area contributed by atoms with E-state index in [9.17, 15) is 4.79 Å². The molecule has 0 spiro atoms. The van der Waals surface area contributed by atoms with Crippen molar-refractivity contribution in [2.75, 3.05) is 26.7 Å². The van der Waals surface area contributed by atoms with Gasteiger partial charge in [0.1, 0.15) is 0 Å². The number of aromatic amines is 1. The van der Waals surface area contributed by atoms with Crippen LogP contribution in [0.3, 0.4) is 0 Å². The average Bonchev–Trinajstić information content (AvgIpc) is 3.36. The number of aromatic nitrogens is 3. The van der Waals surface area contributed by atoms with E-state index in [4.69, 9.17) is 12.2 Å². The third-order valence-corrected chi connectivity index (χ3v) is 6.31. The Morgan fingerprint density at radius 2 is 2.07 bits per heavy atom. The molecule has 0 radical (unpaired) electrons. The number of carbonyl (C=O) groups is 1. The lowest BCUT2D eigenvalue weighted by atomic mass is 10.0. The fourth-order valence-corrected chi connectivity index (χ4v) is 4.59. The van der Waals surface area contributed by atoms with Crippen molar-refractivity contribution in [2.45, 2.75) is 19.0 Å². The number of H-pyrrole nitrogens is 1. The number of thiophene rings is 1. The molecule has 6 nitrogen and oxygen atoms in total. The van der Waals surface area contributed by atoms with Crippen LogP contribution in [0.15, 0.2) is 47.8 Å². The number of hydrogen-bond acceptors (Lipinski definition) is 5. The molecule has 0 bridgehead atoms. The summed E-state index contributed by atoms with van der Waals surface area (Å²) in [5.41, 5.74) is 1.18. The van der Waals surface area contributed by atoms with Crippen molar-refractivity contribution in [1.29, 1.82) is 0 Å². The monoisotopic (exact) mass is 413 g/mol. The summed E-state index contributed by atoms with van der Waals surface area (Å²) in [5.74, 6) is 0.952. The minimum Gasteiger partial charge on any atom is -0.333 e. The van der Waals surface area contributed by atoms with E-state index in [-0.39, 0.29) is 11.9 Å². The first kappa shape index (κ1) is 19.0. The molecule has 0 saturated carbocycles. The lowest BCUT2D eigenvalue weighted by Gasteiger charge is -2.40. The van der Waals surface area contributed by atoms with Gasteiger partial charge < -0.3 is 9.80 Å². The fraction of sp³-hybridized carbons (Fsp3) is 0.350. The summed E-state index contributed by atoms with van der Waals surface area (Å²) >= 11 is 7.00. The maximum Gasteiger partial charge on any atom is 0.224 e. The highest BCUT2D eigenvalue weighted by Gasteiger charge is 2.30. The van der Waals surface area contributed by atoms with Crippen molar-refractivity contribution in [2.24, 2.45) is 0 Å². The van der Waals surface area contributed by atoms with Gasteiger partial charge in [-0.3, -0.25) is 14.5 Å². The number of nitrogens with zero attached hydrogens (tertiary/aromatic N) is 4. The maximum absolute atomic E-state index is 13.1. The summed E-state index contributed by atoms with van der Waals surface area (Å²) in [6, 6.07) is 14.4. The van der Waals surface area contributed by atoms with Gasteiger partial charge in [0.2, 0.25) is 5.91 Å². The number of likely N-dealkylation sites (N-methyl/N-ethyl adjacent to an activating group) is 1. The topological polar surface area (TPSA) is 57.2 Å². The Balaban J connectivity index is 1.51. The maximum atomic E-state index is 13.1. The molecule has 1 saturated heterocycles. The van der Waals surface area contributed by atoms with Gasteiger partial charge in [-0.15, -0.1) is 11.3 Å². The second kappa shape index (κ2) is 8.38. The zero-order chi connectivity index (χ0) is 19.5. The molecule has 8 heteroatoms. The summed E-state index contributed by atoms with van der Waals surface area (Å²) in [4.78, 5) is 18.5. The van der Waals surface area contributed by atoms with E-state index in [1.807, 2.05) is 45.2 Å². The minimum absolute atomic E-state index is 0.0848. The van der Waals surface area contributed by atoms with Crippen LogP contribution >= 0.6 is 23.6 Å². The molecule has 2 aromatic heterocycles. The number of hydrogen-bond donors (Lipinski definition) is 1. The summed E-state index contributed by atoms with van der Waals surface area (Å²) in [7, 11) is 2.11. The van der Waals surface area contributed by atoms with E-state index in [0.717, 1.165) is 30.3 Å². The van der Waals surface area contributed by atoms with Crippen molar-refractivity contribution >= 4 is 29.5 Å². The standard InChI is InChI=1S/C20H23N5OS2/c1-23-11-12-24(16(14-23)15-6-3-2-4-7-15)18(26)9-10-25-19(21-22-20(25)27)17-8-5-13-28-17/h2-8,13,16H,9-12,14H2,1H3,(H,22,27). The van der Waals surface area contributed by atoms with Crippen LogP contribution in [-0.4, -0.2) is 57.2 Å². The van der Waals surface area contributed by atoms with Gasteiger partial charge in [0.25, 0.3) is 0 Å². The largest absolute Gasteiger partial charge is 0.333 e. The first-order valence-corrected chi connectivity index (χ1v) is 10.6. The van der Waals surface area contributed by atoms with Gasteiger partial charge in [0.15, 0.2) is 10.6 Å². The molecule has 1 amide bonds. The van der Waals surface area contributed by atoms with Crippen molar-refractivity contribution in [3.05, 3.63) is 58.2 Å².